The first-order chi connectivity index (χ1) is 12.3. The number of fused-ring (bicyclic) bond motifs is 1. The Bertz CT molecular complexity index is 1110. The number of benzene rings is 1. The lowest BCUT2D eigenvalue weighted by Gasteiger charge is -2.16. The zero-order valence-electron chi connectivity index (χ0n) is 14.6. The highest BCUT2D eigenvalue weighted by molar-refractivity contribution is 9.10. The Morgan fingerprint density at radius 3 is 2.65 bits per heavy atom. The van der Waals surface area contributed by atoms with E-state index in [4.69, 9.17) is 0 Å². The minimum atomic E-state index is -0.579. The van der Waals surface area contributed by atoms with Gasteiger partial charge < -0.3 is 9.88 Å². The van der Waals surface area contributed by atoms with Gasteiger partial charge in [-0.3, -0.25) is 14.2 Å². The predicted molar refractivity (Wildman–Crippen MR) is 101 cm³/mol. The van der Waals surface area contributed by atoms with Crippen molar-refractivity contribution >= 4 is 33.0 Å². The smallest absolute Gasteiger partial charge is 0.332 e. The van der Waals surface area contributed by atoms with E-state index in [1.165, 1.54) is 22.5 Å². The zero-order chi connectivity index (χ0) is 19.0. The van der Waals surface area contributed by atoms with Gasteiger partial charge in [0.05, 0.1) is 12.4 Å². The van der Waals surface area contributed by atoms with Crippen molar-refractivity contribution in [1.29, 1.82) is 0 Å². The van der Waals surface area contributed by atoms with Gasteiger partial charge in [0.1, 0.15) is 6.54 Å². The maximum atomic E-state index is 12.6. The van der Waals surface area contributed by atoms with Crippen LogP contribution in [0.2, 0.25) is 0 Å². The van der Waals surface area contributed by atoms with Gasteiger partial charge in [0.25, 0.3) is 5.56 Å². The van der Waals surface area contributed by atoms with Crippen LogP contribution in [0.1, 0.15) is 18.5 Å². The van der Waals surface area contributed by atoms with Gasteiger partial charge in [0, 0.05) is 18.6 Å². The molecule has 26 heavy (non-hydrogen) atoms. The fourth-order valence-electron chi connectivity index (χ4n) is 2.87. The van der Waals surface area contributed by atoms with Crippen molar-refractivity contribution in [3.8, 4) is 0 Å². The molecular formula is C17H18BrN5O3. The summed E-state index contributed by atoms with van der Waals surface area (Å²) >= 11 is 3.45. The van der Waals surface area contributed by atoms with Crippen LogP contribution in [-0.4, -0.2) is 24.6 Å². The summed E-state index contributed by atoms with van der Waals surface area (Å²) < 4.78 is 4.60. The van der Waals surface area contributed by atoms with E-state index >= 15 is 0 Å². The van der Waals surface area contributed by atoms with E-state index in [9.17, 15) is 14.4 Å². The fraction of sp³-hybridized carbons (Fsp3) is 0.294. The number of nitrogens with one attached hydrogen (secondary N) is 1. The highest BCUT2D eigenvalue weighted by Gasteiger charge is 2.18. The Morgan fingerprint density at radius 2 is 1.96 bits per heavy atom. The minimum absolute atomic E-state index is 0.277. The second-order valence-corrected chi connectivity index (χ2v) is 6.93. The Kier molecular flexibility index (Phi) is 4.82. The van der Waals surface area contributed by atoms with Crippen LogP contribution < -0.4 is 16.6 Å². The molecule has 0 aliphatic carbocycles. The number of rotatable bonds is 4. The Labute approximate surface area is 157 Å². The summed E-state index contributed by atoms with van der Waals surface area (Å²) in [6.45, 7) is 1.48. The topological polar surface area (TPSA) is 90.9 Å². The quantitative estimate of drug-likeness (QED) is 0.684. The first kappa shape index (κ1) is 18.1. The van der Waals surface area contributed by atoms with Gasteiger partial charge in [-0.25, -0.2) is 14.3 Å². The van der Waals surface area contributed by atoms with Crippen LogP contribution in [-0.2, 0) is 25.4 Å². The van der Waals surface area contributed by atoms with Gasteiger partial charge in [0.2, 0.25) is 5.91 Å². The van der Waals surface area contributed by atoms with Crippen molar-refractivity contribution in [3.05, 3.63) is 61.5 Å². The number of halogens is 1. The standard InChI is InChI=1S/C17H18BrN5O3/c1-10(11-6-4-5-7-12(11)18)20-13(24)8-23-16(25)14-15(19-9-21(14)2)22(3)17(23)26/h4-7,9-10H,8H2,1-3H3,(H,20,24). The molecule has 2 heterocycles. The molecular weight excluding hydrogens is 402 g/mol. The lowest BCUT2D eigenvalue weighted by Crippen LogP contribution is -2.43. The maximum absolute atomic E-state index is 12.6. The molecule has 0 aliphatic heterocycles. The zero-order valence-corrected chi connectivity index (χ0v) is 16.1. The fourth-order valence-corrected chi connectivity index (χ4v) is 3.50. The van der Waals surface area contributed by atoms with E-state index in [2.05, 4.69) is 26.2 Å². The molecule has 0 saturated heterocycles. The number of aryl methyl sites for hydroxylation is 2. The molecule has 0 aliphatic rings. The van der Waals surface area contributed by atoms with Crippen molar-refractivity contribution in [1.82, 2.24) is 24.0 Å². The predicted octanol–water partition coefficient (Wildman–Crippen LogP) is 1.07. The Hall–Kier alpha value is -2.68. The van der Waals surface area contributed by atoms with Crippen molar-refractivity contribution in [3.63, 3.8) is 0 Å². The molecule has 0 fully saturated rings. The summed E-state index contributed by atoms with van der Waals surface area (Å²) in [5.41, 5.74) is 0.361. The van der Waals surface area contributed by atoms with E-state index in [0.29, 0.717) is 5.65 Å². The molecule has 0 spiro atoms. The Morgan fingerprint density at radius 1 is 1.27 bits per heavy atom. The molecule has 0 radical (unpaired) electrons. The number of hydrogen-bond donors (Lipinski definition) is 1. The van der Waals surface area contributed by atoms with Crippen LogP contribution in [0, 0.1) is 0 Å². The monoisotopic (exact) mass is 419 g/mol. The molecule has 3 rings (SSSR count). The van der Waals surface area contributed by atoms with Crippen LogP contribution in [0.5, 0.6) is 0 Å². The molecule has 136 valence electrons. The molecule has 2 aromatic heterocycles. The number of aromatic nitrogens is 4. The van der Waals surface area contributed by atoms with Crippen LogP contribution in [0.4, 0.5) is 0 Å². The van der Waals surface area contributed by atoms with E-state index in [-0.39, 0.29) is 18.1 Å². The van der Waals surface area contributed by atoms with Crippen molar-refractivity contribution in [2.24, 2.45) is 14.1 Å². The number of imidazole rings is 1. The molecule has 1 atom stereocenters. The lowest BCUT2D eigenvalue weighted by molar-refractivity contribution is -0.122. The number of carbonyl (C=O) groups is 1. The lowest BCUT2D eigenvalue weighted by atomic mass is 10.1. The summed E-state index contributed by atoms with van der Waals surface area (Å²) in [5, 5.41) is 2.82. The highest BCUT2D eigenvalue weighted by atomic mass is 79.9. The van der Waals surface area contributed by atoms with Gasteiger partial charge in [-0.2, -0.15) is 0 Å². The number of nitrogens with zero attached hydrogens (tertiary/aromatic N) is 4. The van der Waals surface area contributed by atoms with E-state index in [0.717, 1.165) is 14.6 Å². The molecule has 0 saturated carbocycles. The molecule has 3 aromatic rings. The third-order valence-corrected chi connectivity index (χ3v) is 4.97. The van der Waals surface area contributed by atoms with Crippen molar-refractivity contribution in [2.75, 3.05) is 0 Å². The van der Waals surface area contributed by atoms with Crippen LogP contribution in [0.3, 0.4) is 0 Å². The molecule has 1 amide bonds. The van der Waals surface area contributed by atoms with Gasteiger partial charge >= 0.3 is 5.69 Å². The molecule has 1 N–H and O–H groups in total. The second-order valence-electron chi connectivity index (χ2n) is 6.07. The summed E-state index contributed by atoms with van der Waals surface area (Å²) in [4.78, 5) is 41.6. The summed E-state index contributed by atoms with van der Waals surface area (Å²) in [5.74, 6) is -0.422. The summed E-state index contributed by atoms with van der Waals surface area (Å²) in [6, 6.07) is 7.25. The molecule has 1 unspecified atom stereocenters. The number of amides is 1. The minimum Gasteiger partial charge on any atom is -0.348 e. The normalized spacial score (nSPS) is 12.3. The van der Waals surface area contributed by atoms with Crippen LogP contribution >= 0.6 is 15.9 Å². The Balaban J connectivity index is 1.91. The van der Waals surface area contributed by atoms with E-state index in [1.54, 1.807) is 7.05 Å². The van der Waals surface area contributed by atoms with Crippen LogP contribution in [0.15, 0.2) is 44.7 Å². The average molecular weight is 420 g/mol. The van der Waals surface area contributed by atoms with Crippen LogP contribution in [0.25, 0.3) is 11.2 Å². The third kappa shape index (κ3) is 3.10. The first-order valence-electron chi connectivity index (χ1n) is 7.96. The van der Waals surface area contributed by atoms with E-state index in [1.807, 2.05) is 31.2 Å². The average Bonchev–Trinajstić information content (AvgIpc) is 2.99. The highest BCUT2D eigenvalue weighted by Crippen LogP contribution is 2.22. The molecule has 9 heteroatoms. The number of hydrogen-bond acceptors (Lipinski definition) is 4. The summed E-state index contributed by atoms with van der Waals surface area (Å²) in [6.07, 6.45) is 1.46. The third-order valence-electron chi connectivity index (χ3n) is 4.25. The molecule has 0 bridgehead atoms. The largest absolute Gasteiger partial charge is 0.348 e. The second kappa shape index (κ2) is 6.91. The van der Waals surface area contributed by atoms with Gasteiger partial charge in [-0.15, -0.1) is 0 Å². The van der Waals surface area contributed by atoms with Crippen molar-refractivity contribution < 1.29 is 4.79 Å². The first-order valence-corrected chi connectivity index (χ1v) is 8.75. The van der Waals surface area contributed by atoms with Crippen molar-refractivity contribution in [2.45, 2.75) is 19.5 Å². The number of carbonyl (C=O) groups excluding carboxylic acids is 1. The van der Waals surface area contributed by atoms with Gasteiger partial charge in [0.15, 0.2) is 11.2 Å². The maximum Gasteiger partial charge on any atom is 0.332 e. The van der Waals surface area contributed by atoms with E-state index < -0.39 is 17.2 Å². The van der Waals surface area contributed by atoms with Gasteiger partial charge in [-0.1, -0.05) is 34.1 Å². The van der Waals surface area contributed by atoms with Gasteiger partial charge in [-0.05, 0) is 18.6 Å². The SMILES string of the molecule is CC(NC(=O)Cn1c(=O)c2c(ncn2C)n(C)c1=O)c1ccccc1Br. The summed E-state index contributed by atoms with van der Waals surface area (Å²) in [7, 11) is 3.19. The molecule has 1 aromatic carbocycles. The molecule has 8 nitrogen and oxygen atoms in total.